The number of fused-ring (bicyclic) bond motifs is 1. The summed E-state index contributed by atoms with van der Waals surface area (Å²) in [5.41, 5.74) is 1.42. The van der Waals surface area contributed by atoms with Crippen LogP contribution in [0.15, 0.2) is 29.1 Å². The van der Waals surface area contributed by atoms with Gasteiger partial charge < -0.3 is 9.88 Å². The van der Waals surface area contributed by atoms with Gasteiger partial charge in [-0.1, -0.05) is 17.7 Å². The molecule has 3 rings (SSSR count). The third-order valence-corrected chi connectivity index (χ3v) is 4.40. The lowest BCUT2D eigenvalue weighted by Gasteiger charge is -2.27. The van der Waals surface area contributed by atoms with Crippen LogP contribution in [-0.4, -0.2) is 16.5 Å². The monoisotopic (exact) mass is 298 g/mol. The molecule has 0 bridgehead atoms. The fourth-order valence-corrected chi connectivity index (χ4v) is 2.94. The second-order valence-corrected chi connectivity index (χ2v) is 6.49. The van der Waals surface area contributed by atoms with E-state index in [2.05, 4.69) is 5.32 Å². The van der Waals surface area contributed by atoms with Crippen molar-refractivity contribution in [2.24, 2.45) is 0 Å². The van der Waals surface area contributed by atoms with Gasteiger partial charge in [0.25, 0.3) is 11.5 Å². The number of aromatic nitrogens is 1. The molecule has 0 spiro atoms. The first kappa shape index (κ1) is 14.8. The van der Waals surface area contributed by atoms with E-state index in [0.717, 1.165) is 23.8 Å². The molecule has 116 valence electrons. The molecule has 4 nitrogen and oxygen atoms in total. The average Bonchev–Trinajstić information content (AvgIpc) is 2.42. The zero-order valence-electron chi connectivity index (χ0n) is 13.3. The highest BCUT2D eigenvalue weighted by Crippen LogP contribution is 2.20. The Morgan fingerprint density at radius 1 is 1.27 bits per heavy atom. The van der Waals surface area contributed by atoms with Crippen LogP contribution in [-0.2, 0) is 0 Å². The van der Waals surface area contributed by atoms with Crippen LogP contribution in [0, 0.1) is 6.92 Å². The van der Waals surface area contributed by atoms with Crippen molar-refractivity contribution in [3.8, 4) is 0 Å². The molecule has 1 fully saturated rings. The van der Waals surface area contributed by atoms with Crippen molar-refractivity contribution in [1.82, 2.24) is 9.88 Å². The predicted octanol–water partition coefficient (Wildman–Crippen LogP) is 3.17. The minimum atomic E-state index is -0.141. The lowest BCUT2D eigenvalue weighted by atomic mass is 9.93. The van der Waals surface area contributed by atoms with Gasteiger partial charge in [0.15, 0.2) is 0 Å². The maximum atomic E-state index is 12.8. The molecular formula is C18H22N2O2. The summed E-state index contributed by atoms with van der Waals surface area (Å²) in [6, 6.07) is 7.82. The second-order valence-electron chi connectivity index (χ2n) is 6.49. The summed E-state index contributed by atoms with van der Waals surface area (Å²) in [4.78, 5) is 25.4. The van der Waals surface area contributed by atoms with Crippen LogP contribution < -0.4 is 10.9 Å². The first-order valence-electron chi connectivity index (χ1n) is 7.94. The number of aryl methyl sites for hydroxylation is 1. The normalized spacial score (nSPS) is 15.1. The van der Waals surface area contributed by atoms with Gasteiger partial charge in [0.1, 0.15) is 5.69 Å². The summed E-state index contributed by atoms with van der Waals surface area (Å²) >= 11 is 0. The van der Waals surface area contributed by atoms with Crippen molar-refractivity contribution < 1.29 is 4.79 Å². The van der Waals surface area contributed by atoms with Crippen LogP contribution >= 0.6 is 0 Å². The molecule has 1 saturated carbocycles. The molecule has 1 aliphatic rings. The third kappa shape index (κ3) is 2.54. The van der Waals surface area contributed by atoms with Crippen LogP contribution in [0.3, 0.4) is 0 Å². The maximum Gasteiger partial charge on any atom is 0.268 e. The van der Waals surface area contributed by atoms with Crippen molar-refractivity contribution >= 4 is 16.7 Å². The second kappa shape index (κ2) is 5.59. The zero-order chi connectivity index (χ0) is 15.9. The van der Waals surface area contributed by atoms with E-state index in [0.29, 0.717) is 11.1 Å². The Bertz CT molecular complexity index is 786. The van der Waals surface area contributed by atoms with Gasteiger partial charge in [-0.25, -0.2) is 0 Å². The Balaban J connectivity index is 2.15. The summed E-state index contributed by atoms with van der Waals surface area (Å²) in [6.45, 7) is 5.84. The van der Waals surface area contributed by atoms with E-state index in [9.17, 15) is 9.59 Å². The number of nitrogens with one attached hydrogen (secondary N) is 1. The highest BCUT2D eigenvalue weighted by molar-refractivity contribution is 5.97. The topological polar surface area (TPSA) is 51.1 Å². The fourth-order valence-electron chi connectivity index (χ4n) is 2.94. The fraction of sp³-hybridized carbons (Fsp3) is 0.444. The number of benzene rings is 1. The molecule has 0 atom stereocenters. The minimum Gasteiger partial charge on any atom is -0.348 e. The van der Waals surface area contributed by atoms with Gasteiger partial charge in [0.05, 0.1) is 0 Å². The van der Waals surface area contributed by atoms with Gasteiger partial charge in [-0.05, 0) is 57.6 Å². The molecule has 1 aromatic carbocycles. The molecule has 0 radical (unpaired) electrons. The largest absolute Gasteiger partial charge is 0.348 e. The van der Waals surface area contributed by atoms with Gasteiger partial charge in [0.2, 0.25) is 0 Å². The minimum absolute atomic E-state index is 0.0560. The molecular weight excluding hydrogens is 276 g/mol. The van der Waals surface area contributed by atoms with E-state index in [1.54, 1.807) is 4.57 Å². The summed E-state index contributed by atoms with van der Waals surface area (Å²) in [5, 5.41) is 4.53. The molecule has 1 N–H and O–H groups in total. The summed E-state index contributed by atoms with van der Waals surface area (Å²) in [6.07, 6.45) is 3.23. The van der Waals surface area contributed by atoms with Crippen LogP contribution in [0.1, 0.15) is 55.2 Å². The van der Waals surface area contributed by atoms with Crippen molar-refractivity contribution in [1.29, 1.82) is 0 Å². The Kier molecular flexibility index (Phi) is 3.77. The summed E-state index contributed by atoms with van der Waals surface area (Å²) in [5.74, 6) is -0.141. The van der Waals surface area contributed by atoms with Crippen molar-refractivity contribution in [2.75, 3.05) is 0 Å². The van der Waals surface area contributed by atoms with Gasteiger partial charge in [0, 0.05) is 17.5 Å². The summed E-state index contributed by atoms with van der Waals surface area (Å²) in [7, 11) is 0. The number of hydrogen-bond acceptors (Lipinski definition) is 2. The molecule has 1 heterocycles. The van der Waals surface area contributed by atoms with Crippen LogP contribution in [0.2, 0.25) is 0 Å². The number of carbonyl (C=O) groups excluding carboxylic acids is 1. The number of rotatable bonds is 3. The molecule has 1 aliphatic carbocycles. The zero-order valence-corrected chi connectivity index (χ0v) is 13.3. The first-order valence-corrected chi connectivity index (χ1v) is 7.94. The molecule has 0 unspecified atom stereocenters. The molecule has 0 aliphatic heterocycles. The Morgan fingerprint density at radius 2 is 2.00 bits per heavy atom. The predicted molar refractivity (Wildman–Crippen MR) is 88.4 cm³/mol. The number of pyridine rings is 1. The van der Waals surface area contributed by atoms with Gasteiger partial charge in [-0.15, -0.1) is 0 Å². The highest BCUT2D eigenvalue weighted by atomic mass is 16.2. The lowest BCUT2D eigenvalue weighted by molar-refractivity contribution is 0.0904. The molecule has 2 aromatic rings. The molecule has 4 heteroatoms. The van der Waals surface area contributed by atoms with Crippen LogP contribution in [0.4, 0.5) is 0 Å². The van der Waals surface area contributed by atoms with Crippen molar-refractivity contribution in [2.45, 2.75) is 52.1 Å². The van der Waals surface area contributed by atoms with E-state index < -0.39 is 0 Å². The number of amides is 1. The smallest absolute Gasteiger partial charge is 0.268 e. The third-order valence-electron chi connectivity index (χ3n) is 4.40. The van der Waals surface area contributed by atoms with E-state index in [-0.39, 0.29) is 23.6 Å². The first-order chi connectivity index (χ1) is 10.5. The van der Waals surface area contributed by atoms with Gasteiger partial charge >= 0.3 is 0 Å². The SMILES string of the molecule is Cc1ccc2cc(C(=O)NC3CCC3)n(C(C)C)c(=O)c2c1. The highest BCUT2D eigenvalue weighted by Gasteiger charge is 2.23. The Labute approximate surface area is 130 Å². The van der Waals surface area contributed by atoms with Crippen molar-refractivity contribution in [3.05, 3.63) is 45.9 Å². The Hall–Kier alpha value is -2.10. The van der Waals surface area contributed by atoms with E-state index in [1.165, 1.54) is 6.42 Å². The quantitative estimate of drug-likeness (QED) is 0.946. The Morgan fingerprint density at radius 3 is 2.59 bits per heavy atom. The van der Waals surface area contributed by atoms with E-state index >= 15 is 0 Å². The standard InChI is InChI=1S/C18H22N2O2/c1-11(2)20-16(17(21)19-14-5-4-6-14)10-13-8-7-12(3)9-15(13)18(20)22/h7-11,14H,4-6H2,1-3H3,(H,19,21). The molecule has 1 aromatic heterocycles. The van der Waals surface area contributed by atoms with Crippen LogP contribution in [0.5, 0.6) is 0 Å². The lowest BCUT2D eigenvalue weighted by Crippen LogP contribution is -2.42. The molecule has 1 amide bonds. The average molecular weight is 298 g/mol. The van der Waals surface area contributed by atoms with Gasteiger partial charge in [-0.2, -0.15) is 0 Å². The number of carbonyl (C=O) groups is 1. The molecule has 22 heavy (non-hydrogen) atoms. The molecule has 0 saturated heterocycles. The number of nitrogens with zero attached hydrogens (tertiary/aromatic N) is 1. The van der Waals surface area contributed by atoms with E-state index in [4.69, 9.17) is 0 Å². The van der Waals surface area contributed by atoms with Crippen LogP contribution in [0.25, 0.3) is 10.8 Å². The van der Waals surface area contributed by atoms with Gasteiger partial charge in [-0.3, -0.25) is 9.59 Å². The maximum absolute atomic E-state index is 12.8. The van der Waals surface area contributed by atoms with E-state index in [1.807, 2.05) is 45.0 Å². The number of hydrogen-bond donors (Lipinski definition) is 1. The van der Waals surface area contributed by atoms with Crippen molar-refractivity contribution in [3.63, 3.8) is 0 Å². The summed E-state index contributed by atoms with van der Waals surface area (Å²) < 4.78 is 1.61.